The van der Waals surface area contributed by atoms with Gasteiger partial charge in [0.05, 0.1) is 0 Å². The van der Waals surface area contributed by atoms with Crippen LogP contribution in [0.2, 0.25) is 0 Å². The van der Waals surface area contributed by atoms with Crippen molar-refractivity contribution < 1.29 is 23.8 Å². The number of carboxylic acid groups (broad SMARTS) is 1. The number of aliphatic carboxylic acids is 1. The highest BCUT2D eigenvalue weighted by molar-refractivity contribution is 5.96. The third-order valence-electron chi connectivity index (χ3n) is 5.70. The van der Waals surface area contributed by atoms with Gasteiger partial charge in [0.15, 0.2) is 0 Å². The smallest absolute Gasteiger partial charge is 0.326 e. The minimum atomic E-state index is -1.16. The Hall–Kier alpha value is -4.72. The molecule has 0 aliphatic heterocycles. The maximum Gasteiger partial charge on any atom is 0.326 e. The molecule has 4 aromatic carbocycles. The molecule has 0 saturated carbocycles. The fourth-order valence-electron chi connectivity index (χ4n) is 3.72. The van der Waals surface area contributed by atoms with Crippen molar-refractivity contribution in [2.75, 3.05) is 0 Å². The molecule has 1 amide bonds. The van der Waals surface area contributed by atoms with Crippen LogP contribution < -0.4 is 15.8 Å². The Balaban J connectivity index is 1.42. The van der Waals surface area contributed by atoms with Gasteiger partial charge in [0.1, 0.15) is 30.1 Å². The summed E-state index contributed by atoms with van der Waals surface area (Å²) < 4.78 is 19.0. The van der Waals surface area contributed by atoms with E-state index in [1.807, 2.05) is 48.5 Å². The van der Waals surface area contributed by atoms with Crippen molar-refractivity contribution in [3.05, 3.63) is 113 Å². The number of carbonyl (C=O) groups excluding carboxylic acids is 1. The Bertz CT molecular complexity index is 1420. The third kappa shape index (κ3) is 6.04. The monoisotopic (exact) mass is 485 g/mol. The number of rotatable bonds is 9. The second-order valence-electron chi connectivity index (χ2n) is 8.32. The summed E-state index contributed by atoms with van der Waals surface area (Å²) in [5.41, 5.74) is 8.00. The highest BCUT2D eigenvalue weighted by Crippen LogP contribution is 2.23. The Labute approximate surface area is 206 Å². The minimum Gasteiger partial charge on any atom is -0.489 e. The Kier molecular flexibility index (Phi) is 7.25. The van der Waals surface area contributed by atoms with Gasteiger partial charge in [0.25, 0.3) is 5.91 Å². The second kappa shape index (κ2) is 10.7. The highest BCUT2D eigenvalue weighted by atomic mass is 19.1. The summed E-state index contributed by atoms with van der Waals surface area (Å²) in [5.74, 6) is -1.52. The number of amides is 1. The first kappa shape index (κ1) is 24.4. The van der Waals surface area contributed by atoms with Crippen LogP contribution in [0.1, 0.15) is 27.0 Å². The fourth-order valence-corrected chi connectivity index (χ4v) is 3.72. The van der Waals surface area contributed by atoms with Gasteiger partial charge in [0.2, 0.25) is 0 Å². The Morgan fingerprint density at radius 1 is 0.889 bits per heavy atom. The number of fused-ring (bicyclic) bond motifs is 1. The lowest BCUT2D eigenvalue weighted by Crippen LogP contribution is -2.42. The van der Waals surface area contributed by atoms with Gasteiger partial charge in [-0.15, -0.1) is 0 Å². The average Bonchev–Trinajstić information content (AvgIpc) is 2.87. The third-order valence-corrected chi connectivity index (χ3v) is 5.70. The van der Waals surface area contributed by atoms with Gasteiger partial charge >= 0.3 is 5.97 Å². The molecule has 182 valence electrons. The normalized spacial score (nSPS) is 11.6. The van der Waals surface area contributed by atoms with E-state index in [0.717, 1.165) is 34.0 Å². The van der Waals surface area contributed by atoms with E-state index in [9.17, 15) is 19.1 Å². The maximum atomic E-state index is 13.1. The number of nitrogen functional groups attached to an aromatic ring is 1. The molecule has 0 bridgehead atoms. The summed E-state index contributed by atoms with van der Waals surface area (Å²) in [6.07, 6.45) is 0.0900. The summed E-state index contributed by atoms with van der Waals surface area (Å²) in [7, 11) is 0. The molecule has 36 heavy (non-hydrogen) atoms. The number of hydrogen-bond acceptors (Lipinski definition) is 4. The van der Waals surface area contributed by atoms with Crippen molar-refractivity contribution in [2.24, 2.45) is 5.73 Å². The number of benzene rings is 4. The summed E-state index contributed by atoms with van der Waals surface area (Å²) in [4.78, 5) is 24.2. The zero-order valence-corrected chi connectivity index (χ0v) is 19.2. The summed E-state index contributed by atoms with van der Waals surface area (Å²) >= 11 is 0. The zero-order valence-electron chi connectivity index (χ0n) is 19.2. The van der Waals surface area contributed by atoms with Gasteiger partial charge in [-0.3, -0.25) is 10.2 Å². The summed E-state index contributed by atoms with van der Waals surface area (Å²) in [5, 5.41) is 21.4. The minimum absolute atomic E-state index is 0.0151. The molecule has 5 N–H and O–H groups in total. The van der Waals surface area contributed by atoms with E-state index >= 15 is 0 Å². The van der Waals surface area contributed by atoms with Crippen LogP contribution in [0.15, 0.2) is 84.9 Å². The van der Waals surface area contributed by atoms with Crippen LogP contribution in [0.3, 0.4) is 0 Å². The molecular formula is C28H24FN3O4. The molecule has 0 spiro atoms. The number of carbonyl (C=O) groups is 2. The zero-order chi connectivity index (χ0) is 25.7. The quantitative estimate of drug-likeness (QED) is 0.208. The molecule has 0 heterocycles. The molecule has 1 unspecified atom stereocenters. The number of ether oxygens (including phenoxy) is 1. The lowest BCUT2D eigenvalue weighted by atomic mass is 10.0. The maximum absolute atomic E-state index is 13.1. The van der Waals surface area contributed by atoms with E-state index in [1.165, 1.54) is 12.1 Å². The van der Waals surface area contributed by atoms with Crippen LogP contribution in [0, 0.1) is 11.2 Å². The Morgan fingerprint density at radius 3 is 2.17 bits per heavy atom. The van der Waals surface area contributed by atoms with E-state index in [-0.39, 0.29) is 17.8 Å². The van der Waals surface area contributed by atoms with Crippen LogP contribution in [0.5, 0.6) is 5.75 Å². The predicted molar refractivity (Wildman–Crippen MR) is 135 cm³/mol. The van der Waals surface area contributed by atoms with E-state index in [0.29, 0.717) is 17.9 Å². The SMILES string of the molecule is N=C(N)c1ccc(COc2ccc3cc(CC(NC(=O)c4ccc(F)cc4)C(=O)O)ccc3c2)cc1. The van der Waals surface area contributed by atoms with Crippen molar-refractivity contribution in [1.82, 2.24) is 5.32 Å². The molecule has 0 aliphatic carbocycles. The topological polar surface area (TPSA) is 126 Å². The number of nitrogens with one attached hydrogen (secondary N) is 2. The van der Waals surface area contributed by atoms with Crippen LogP contribution in [0.25, 0.3) is 10.8 Å². The van der Waals surface area contributed by atoms with E-state index < -0.39 is 23.7 Å². The summed E-state index contributed by atoms with van der Waals surface area (Å²) in [6, 6.07) is 22.2. The van der Waals surface area contributed by atoms with Gasteiger partial charge in [-0.2, -0.15) is 0 Å². The fraction of sp³-hybridized carbons (Fsp3) is 0.107. The lowest BCUT2D eigenvalue weighted by molar-refractivity contribution is -0.139. The Morgan fingerprint density at radius 2 is 1.50 bits per heavy atom. The standard InChI is InChI=1S/C28H24FN3O4/c29-23-10-7-20(8-11-23)27(33)32-25(28(34)35)14-18-3-6-22-15-24(12-9-21(22)13-18)36-16-17-1-4-19(5-2-17)26(30)31/h1-13,15,25H,14,16H2,(H3,30,31)(H,32,33)(H,34,35). The second-order valence-corrected chi connectivity index (χ2v) is 8.32. The van der Waals surface area contributed by atoms with Crippen molar-refractivity contribution in [2.45, 2.75) is 19.1 Å². The van der Waals surface area contributed by atoms with Gasteiger partial charge in [-0.25, -0.2) is 9.18 Å². The first-order valence-corrected chi connectivity index (χ1v) is 11.2. The van der Waals surface area contributed by atoms with Crippen molar-refractivity contribution in [3.8, 4) is 5.75 Å². The first-order chi connectivity index (χ1) is 17.3. The first-order valence-electron chi connectivity index (χ1n) is 11.2. The lowest BCUT2D eigenvalue weighted by Gasteiger charge is -2.15. The number of amidine groups is 1. The molecule has 0 radical (unpaired) electrons. The number of hydrogen-bond donors (Lipinski definition) is 4. The van der Waals surface area contributed by atoms with Crippen molar-refractivity contribution in [3.63, 3.8) is 0 Å². The number of nitrogens with two attached hydrogens (primary N) is 1. The van der Waals surface area contributed by atoms with Crippen LogP contribution in [-0.2, 0) is 17.8 Å². The average molecular weight is 486 g/mol. The van der Waals surface area contributed by atoms with Crippen molar-refractivity contribution in [1.29, 1.82) is 5.41 Å². The van der Waals surface area contributed by atoms with Crippen LogP contribution >= 0.6 is 0 Å². The van der Waals surface area contributed by atoms with E-state index in [1.54, 1.807) is 12.1 Å². The molecule has 0 saturated heterocycles. The molecular weight excluding hydrogens is 461 g/mol. The molecule has 0 aliphatic rings. The van der Waals surface area contributed by atoms with Gasteiger partial charge in [-0.05, 0) is 58.3 Å². The van der Waals surface area contributed by atoms with Crippen LogP contribution in [0.4, 0.5) is 4.39 Å². The van der Waals surface area contributed by atoms with Gasteiger partial charge < -0.3 is 20.9 Å². The number of carboxylic acids is 1. The number of halogens is 1. The molecule has 4 rings (SSSR count). The molecule has 1 atom stereocenters. The highest BCUT2D eigenvalue weighted by Gasteiger charge is 2.21. The molecule has 8 heteroatoms. The molecule has 7 nitrogen and oxygen atoms in total. The van der Waals surface area contributed by atoms with Gasteiger partial charge in [0, 0.05) is 17.5 Å². The van der Waals surface area contributed by atoms with Crippen LogP contribution in [-0.4, -0.2) is 28.9 Å². The summed E-state index contributed by atoms with van der Waals surface area (Å²) in [6.45, 7) is 0.357. The molecule has 0 fully saturated rings. The van der Waals surface area contributed by atoms with E-state index in [4.69, 9.17) is 15.9 Å². The molecule has 0 aromatic heterocycles. The largest absolute Gasteiger partial charge is 0.489 e. The van der Waals surface area contributed by atoms with Crippen molar-refractivity contribution >= 4 is 28.5 Å². The molecule has 4 aromatic rings. The van der Waals surface area contributed by atoms with E-state index in [2.05, 4.69) is 5.32 Å². The predicted octanol–water partition coefficient (Wildman–Crippen LogP) is 4.27. The van der Waals surface area contributed by atoms with Gasteiger partial charge in [-0.1, -0.05) is 48.5 Å².